The van der Waals surface area contributed by atoms with Crippen LogP contribution in [0, 0.1) is 29.1 Å². The van der Waals surface area contributed by atoms with Crippen LogP contribution in [0.15, 0.2) is 0 Å². The third-order valence-electron chi connectivity index (χ3n) is 7.93. The van der Waals surface area contributed by atoms with Crippen molar-refractivity contribution in [3.05, 3.63) is 0 Å². The highest BCUT2D eigenvalue weighted by Gasteiger charge is 2.71. The highest BCUT2D eigenvalue weighted by molar-refractivity contribution is 5.88. The lowest BCUT2D eigenvalue weighted by Gasteiger charge is -2.53. The van der Waals surface area contributed by atoms with Crippen LogP contribution in [0.4, 0.5) is 0 Å². The van der Waals surface area contributed by atoms with Crippen LogP contribution in [0.25, 0.3) is 0 Å². The van der Waals surface area contributed by atoms with E-state index in [0.29, 0.717) is 35.2 Å². The van der Waals surface area contributed by atoms with Crippen molar-refractivity contribution in [2.45, 2.75) is 70.0 Å². The minimum Gasteiger partial charge on any atom is -0.357 e. The zero-order valence-corrected chi connectivity index (χ0v) is 12.8. The minimum absolute atomic E-state index is 0.0278. The molecule has 4 aliphatic carbocycles. The zero-order chi connectivity index (χ0) is 14.4. The molecule has 1 heterocycles. The van der Waals surface area contributed by atoms with Gasteiger partial charge in [0.2, 0.25) is 0 Å². The lowest BCUT2D eigenvalue weighted by atomic mass is 9.50. The van der Waals surface area contributed by atoms with Crippen molar-refractivity contribution in [1.29, 1.82) is 0 Å². The van der Waals surface area contributed by atoms with E-state index in [-0.39, 0.29) is 17.1 Å². The number of ether oxygens (including phenoxy) is 1. The predicted octanol–water partition coefficient (Wildman–Crippen LogP) is 2.91. The molecule has 0 N–H and O–H groups in total. The van der Waals surface area contributed by atoms with Gasteiger partial charge in [-0.15, -0.1) is 0 Å². The summed E-state index contributed by atoms with van der Waals surface area (Å²) in [6.45, 7) is 2.23. The predicted molar refractivity (Wildman–Crippen MR) is 76.6 cm³/mol. The molecule has 0 aromatic carbocycles. The van der Waals surface area contributed by atoms with Gasteiger partial charge in [0.25, 0.3) is 0 Å². The third-order valence-corrected chi connectivity index (χ3v) is 7.93. The van der Waals surface area contributed by atoms with E-state index in [1.807, 2.05) is 0 Å². The normalized spacial score (nSPS) is 58.0. The highest BCUT2D eigenvalue weighted by Crippen LogP contribution is 2.66. The highest BCUT2D eigenvalue weighted by atomic mass is 16.6. The molecule has 0 amide bonds. The molecular formula is C18H24O3. The molecule has 7 atom stereocenters. The van der Waals surface area contributed by atoms with Crippen molar-refractivity contribution in [3.8, 4) is 0 Å². The quantitative estimate of drug-likeness (QED) is 0.644. The molecule has 21 heavy (non-hydrogen) atoms. The minimum atomic E-state index is -0.0626. The van der Waals surface area contributed by atoms with Crippen LogP contribution < -0.4 is 0 Å². The van der Waals surface area contributed by atoms with Crippen LogP contribution in [0.2, 0.25) is 0 Å². The summed E-state index contributed by atoms with van der Waals surface area (Å²) in [6, 6.07) is 0. The van der Waals surface area contributed by atoms with Crippen molar-refractivity contribution in [2.24, 2.45) is 29.1 Å². The van der Waals surface area contributed by atoms with Crippen LogP contribution in [-0.2, 0) is 14.3 Å². The number of carbonyl (C=O) groups excluding carboxylic acids is 2. The van der Waals surface area contributed by atoms with E-state index in [4.69, 9.17) is 4.74 Å². The number of hydrogen-bond donors (Lipinski definition) is 0. The third kappa shape index (κ3) is 1.40. The molecule has 4 saturated carbocycles. The number of carbonyl (C=O) groups is 2. The summed E-state index contributed by atoms with van der Waals surface area (Å²) in [4.78, 5) is 24.3. The topological polar surface area (TPSA) is 46.7 Å². The van der Waals surface area contributed by atoms with Gasteiger partial charge in [-0.1, -0.05) is 6.92 Å². The second-order valence-electron chi connectivity index (χ2n) is 8.46. The molecular weight excluding hydrogens is 264 g/mol. The summed E-state index contributed by atoms with van der Waals surface area (Å²) in [5.41, 5.74) is -0.0905. The standard InChI is InChI=1S/C18H24O3/c1-17-8-6-11-10(12(17)3-5-15(17)20)7-9-18-13(11)2-4-14(19)16(18)21-18/h10-13,16H,2-9H2,1H3/t10-,11+,12+,13-,16-,17+,18+/m1/s1. The van der Waals surface area contributed by atoms with Crippen molar-refractivity contribution < 1.29 is 14.3 Å². The Morgan fingerprint density at radius 3 is 2.52 bits per heavy atom. The Balaban J connectivity index is 1.47. The molecule has 0 radical (unpaired) electrons. The van der Waals surface area contributed by atoms with E-state index in [9.17, 15) is 9.59 Å². The first-order chi connectivity index (χ1) is 10.1. The summed E-state index contributed by atoms with van der Waals surface area (Å²) in [7, 11) is 0. The molecule has 5 aliphatic rings. The van der Waals surface area contributed by atoms with Gasteiger partial charge in [0, 0.05) is 18.3 Å². The average molecular weight is 288 g/mol. The number of hydrogen-bond acceptors (Lipinski definition) is 3. The summed E-state index contributed by atoms with van der Waals surface area (Å²) in [6.07, 6.45) is 8.11. The van der Waals surface area contributed by atoms with Gasteiger partial charge in [-0.25, -0.2) is 0 Å². The molecule has 114 valence electrons. The average Bonchev–Trinajstić information content (AvgIpc) is 3.13. The first-order valence-corrected chi connectivity index (χ1v) is 8.80. The van der Waals surface area contributed by atoms with Gasteiger partial charge in [-0.05, 0) is 62.2 Å². The molecule has 5 rings (SSSR count). The van der Waals surface area contributed by atoms with E-state index >= 15 is 0 Å². The monoisotopic (exact) mass is 288 g/mol. The van der Waals surface area contributed by atoms with Gasteiger partial charge in [-0.2, -0.15) is 0 Å². The van der Waals surface area contributed by atoms with Crippen molar-refractivity contribution in [3.63, 3.8) is 0 Å². The number of fused-ring (bicyclic) bond motifs is 4. The molecule has 0 unspecified atom stereocenters. The maximum atomic E-state index is 12.3. The largest absolute Gasteiger partial charge is 0.357 e. The molecule has 0 aromatic rings. The summed E-state index contributed by atoms with van der Waals surface area (Å²) < 4.78 is 5.97. The number of epoxide rings is 1. The molecule has 5 fully saturated rings. The van der Waals surface area contributed by atoms with Crippen molar-refractivity contribution >= 4 is 11.6 Å². The SMILES string of the molecule is C[C@]12CC[C@H]3[C@@H](CC[C@@]45O[C@@H]4C(=O)CC[C@H]35)[C@@H]1CCC2=O. The second kappa shape index (κ2) is 3.79. The number of ketones is 2. The smallest absolute Gasteiger partial charge is 0.164 e. The Bertz CT molecular complexity index is 541. The fourth-order valence-corrected chi connectivity index (χ4v) is 6.83. The van der Waals surface area contributed by atoms with Gasteiger partial charge in [0.15, 0.2) is 5.78 Å². The summed E-state index contributed by atoms with van der Waals surface area (Å²) in [5, 5.41) is 0. The Kier molecular flexibility index (Phi) is 2.31. The molecule has 3 nitrogen and oxygen atoms in total. The molecule has 0 aromatic heterocycles. The van der Waals surface area contributed by atoms with Gasteiger partial charge in [0.05, 0.1) is 0 Å². The Morgan fingerprint density at radius 2 is 1.67 bits per heavy atom. The fraction of sp³-hybridized carbons (Fsp3) is 0.889. The van der Waals surface area contributed by atoms with Crippen molar-refractivity contribution in [2.75, 3.05) is 0 Å². The van der Waals surface area contributed by atoms with E-state index < -0.39 is 0 Å². The second-order valence-corrected chi connectivity index (χ2v) is 8.46. The lowest BCUT2D eigenvalue weighted by Crippen LogP contribution is -2.52. The molecule has 0 bridgehead atoms. The van der Waals surface area contributed by atoms with Gasteiger partial charge in [-0.3, -0.25) is 9.59 Å². The molecule has 3 heteroatoms. The molecule has 1 spiro atoms. The van der Waals surface area contributed by atoms with Gasteiger partial charge < -0.3 is 4.74 Å². The van der Waals surface area contributed by atoms with E-state index in [0.717, 1.165) is 38.5 Å². The van der Waals surface area contributed by atoms with Gasteiger partial charge in [0.1, 0.15) is 17.5 Å². The van der Waals surface area contributed by atoms with E-state index in [2.05, 4.69) is 6.92 Å². The first kappa shape index (κ1) is 12.8. The zero-order valence-electron chi connectivity index (χ0n) is 12.8. The van der Waals surface area contributed by atoms with Crippen LogP contribution in [0.1, 0.15) is 58.3 Å². The first-order valence-electron chi connectivity index (χ1n) is 8.80. The van der Waals surface area contributed by atoms with Crippen LogP contribution in [0.3, 0.4) is 0 Å². The Morgan fingerprint density at radius 1 is 0.952 bits per heavy atom. The van der Waals surface area contributed by atoms with Crippen LogP contribution in [0.5, 0.6) is 0 Å². The lowest BCUT2D eigenvalue weighted by molar-refractivity contribution is -0.133. The number of rotatable bonds is 0. The summed E-state index contributed by atoms with van der Waals surface area (Å²) in [5.74, 6) is 3.49. The Hall–Kier alpha value is -0.700. The Labute approximate surface area is 125 Å². The maximum Gasteiger partial charge on any atom is 0.164 e. The van der Waals surface area contributed by atoms with Crippen LogP contribution >= 0.6 is 0 Å². The number of Topliss-reactive ketones (excluding diaryl/α,β-unsaturated/α-hetero) is 2. The van der Waals surface area contributed by atoms with E-state index in [1.165, 1.54) is 12.8 Å². The maximum absolute atomic E-state index is 12.3. The molecule has 1 aliphatic heterocycles. The fourth-order valence-electron chi connectivity index (χ4n) is 6.83. The van der Waals surface area contributed by atoms with Gasteiger partial charge >= 0.3 is 0 Å². The summed E-state index contributed by atoms with van der Waals surface area (Å²) >= 11 is 0. The molecule has 1 saturated heterocycles. The van der Waals surface area contributed by atoms with E-state index in [1.54, 1.807) is 0 Å². The van der Waals surface area contributed by atoms with Crippen LogP contribution in [-0.4, -0.2) is 23.3 Å². The van der Waals surface area contributed by atoms with Crippen molar-refractivity contribution in [1.82, 2.24) is 0 Å².